The van der Waals surface area contributed by atoms with Gasteiger partial charge in [-0.2, -0.15) is 0 Å². The molecular formula is C17H37N3O9. The summed E-state index contributed by atoms with van der Waals surface area (Å²) in [6, 6.07) is 0. The lowest BCUT2D eigenvalue weighted by atomic mass is 10.3. The van der Waals surface area contributed by atoms with Crippen molar-refractivity contribution < 1.29 is 44.3 Å². The van der Waals surface area contributed by atoms with Crippen molar-refractivity contribution in [3.05, 3.63) is 0 Å². The predicted molar refractivity (Wildman–Crippen MR) is 106 cm³/mol. The molecule has 0 spiro atoms. The summed E-state index contributed by atoms with van der Waals surface area (Å²) in [4.78, 5) is 44.7. The van der Waals surface area contributed by atoms with Gasteiger partial charge in [0, 0.05) is 40.8 Å². The Hall–Kier alpha value is -2.12. The van der Waals surface area contributed by atoms with Crippen LogP contribution in [-0.4, -0.2) is 129 Å². The fraction of sp³-hybridized carbons (Fsp3) is 0.765. The van der Waals surface area contributed by atoms with Crippen molar-refractivity contribution in [2.24, 2.45) is 0 Å². The minimum Gasteiger partial charge on any atom is -0.469 e. The third-order valence-corrected chi connectivity index (χ3v) is 2.86. The van der Waals surface area contributed by atoms with Gasteiger partial charge in [-0.1, -0.05) is 0 Å². The van der Waals surface area contributed by atoms with Gasteiger partial charge >= 0.3 is 5.97 Å². The highest BCUT2D eigenvalue weighted by molar-refractivity contribution is 5.96. The van der Waals surface area contributed by atoms with Crippen LogP contribution in [0.3, 0.4) is 0 Å². The molecule has 0 fully saturated rings. The zero-order chi connectivity index (χ0) is 23.7. The Morgan fingerprint density at radius 1 is 0.931 bits per heavy atom. The molecule has 0 rings (SSSR count). The molecule has 5 N–H and O–H groups in total. The first kappa shape index (κ1) is 34.4. The molecule has 0 radical (unpaired) electrons. The number of aldehydes is 1. The molecule has 0 aliphatic rings. The van der Waals surface area contributed by atoms with Crippen LogP contribution in [0.5, 0.6) is 0 Å². The first-order valence-corrected chi connectivity index (χ1v) is 8.65. The molecule has 12 heteroatoms. The van der Waals surface area contributed by atoms with Gasteiger partial charge in [-0.15, -0.1) is 0 Å². The number of rotatable bonds is 10. The van der Waals surface area contributed by atoms with Gasteiger partial charge in [0.05, 0.1) is 26.9 Å². The van der Waals surface area contributed by atoms with E-state index in [0.29, 0.717) is 12.8 Å². The van der Waals surface area contributed by atoms with E-state index in [4.69, 9.17) is 20.4 Å². The minimum absolute atomic E-state index is 0.122. The standard InChI is InChI=1S/C9H18N2O4.C4H6O3.C3H9NO.CH4O/c1-10(3-5-12)8(14)7-9(15)11(2)4-6-13;1-7-4(6)2-3-5;1-4-2-3-5;1-2/h12-13H,3-7H2,1-2H3;3H,2H2,1H3;4-5H,2-3H2,1H3;2H,1H3. The number of esters is 1. The van der Waals surface area contributed by atoms with E-state index < -0.39 is 5.97 Å². The molecule has 2 amide bonds. The molecule has 0 atom stereocenters. The van der Waals surface area contributed by atoms with Crippen molar-refractivity contribution in [3.63, 3.8) is 0 Å². The minimum atomic E-state index is -0.491. The lowest BCUT2D eigenvalue weighted by Gasteiger charge is -2.19. The molecule has 0 aliphatic carbocycles. The number of carbonyl (C=O) groups is 4. The highest BCUT2D eigenvalue weighted by Crippen LogP contribution is 1.95. The normalized spacial score (nSPS) is 8.59. The van der Waals surface area contributed by atoms with E-state index >= 15 is 0 Å². The van der Waals surface area contributed by atoms with E-state index in [9.17, 15) is 19.2 Å². The van der Waals surface area contributed by atoms with Gasteiger partial charge < -0.3 is 45.1 Å². The van der Waals surface area contributed by atoms with Crippen molar-refractivity contribution in [2.45, 2.75) is 12.8 Å². The van der Waals surface area contributed by atoms with E-state index in [1.807, 2.05) is 0 Å². The van der Waals surface area contributed by atoms with Gasteiger partial charge in [-0.05, 0) is 7.05 Å². The summed E-state index contributed by atoms with van der Waals surface area (Å²) in [5, 5.41) is 35.0. The van der Waals surface area contributed by atoms with Crippen molar-refractivity contribution >= 4 is 24.1 Å². The molecule has 0 unspecified atom stereocenters. The Kier molecular flexibility index (Phi) is 33.3. The maximum absolute atomic E-state index is 11.4. The van der Waals surface area contributed by atoms with E-state index in [-0.39, 0.29) is 57.6 Å². The molecule has 0 aromatic heterocycles. The Labute approximate surface area is 172 Å². The van der Waals surface area contributed by atoms with Crippen LogP contribution in [-0.2, 0) is 23.9 Å². The Morgan fingerprint density at radius 3 is 1.52 bits per heavy atom. The number of carbonyl (C=O) groups excluding carboxylic acids is 4. The molecule has 29 heavy (non-hydrogen) atoms. The quantitative estimate of drug-likeness (QED) is 0.136. The highest BCUT2D eigenvalue weighted by atomic mass is 16.5. The lowest BCUT2D eigenvalue weighted by Crippen LogP contribution is -2.36. The van der Waals surface area contributed by atoms with Crippen LogP contribution in [0.1, 0.15) is 12.8 Å². The van der Waals surface area contributed by atoms with Gasteiger partial charge in [0.15, 0.2) is 0 Å². The number of ether oxygens (including phenoxy) is 1. The first-order chi connectivity index (χ1) is 13.7. The van der Waals surface area contributed by atoms with Crippen molar-refractivity contribution in [3.8, 4) is 0 Å². The van der Waals surface area contributed by atoms with Crippen LogP contribution in [0.25, 0.3) is 0 Å². The Morgan fingerprint density at radius 2 is 1.34 bits per heavy atom. The summed E-state index contributed by atoms with van der Waals surface area (Å²) in [6.07, 6.45) is 0.134. The summed E-state index contributed by atoms with van der Waals surface area (Å²) in [6.45, 7) is 1.12. The summed E-state index contributed by atoms with van der Waals surface area (Å²) in [5.74, 6) is -1.16. The van der Waals surface area contributed by atoms with Crippen LogP contribution in [0.2, 0.25) is 0 Å². The number of aliphatic hydroxyl groups excluding tert-OH is 4. The summed E-state index contributed by atoms with van der Waals surface area (Å²) in [7, 11) is 7.10. The maximum atomic E-state index is 11.4. The Bertz CT molecular complexity index is 386. The molecule has 0 saturated heterocycles. The van der Waals surface area contributed by atoms with Crippen LogP contribution < -0.4 is 5.32 Å². The number of likely N-dealkylation sites (N-methyl/N-ethyl adjacent to an activating group) is 3. The average molecular weight is 427 g/mol. The third-order valence-electron chi connectivity index (χ3n) is 2.86. The van der Waals surface area contributed by atoms with Gasteiger partial charge in [0.1, 0.15) is 19.1 Å². The monoisotopic (exact) mass is 427 g/mol. The van der Waals surface area contributed by atoms with Crippen LogP contribution in [0, 0.1) is 0 Å². The second kappa shape index (κ2) is 28.1. The maximum Gasteiger partial charge on any atom is 0.312 e. The number of nitrogens with zero attached hydrogens (tertiary/aromatic N) is 2. The van der Waals surface area contributed by atoms with E-state index in [1.54, 1.807) is 7.05 Å². The zero-order valence-corrected chi connectivity index (χ0v) is 18.0. The topological polar surface area (TPSA) is 177 Å². The summed E-state index contributed by atoms with van der Waals surface area (Å²) in [5.41, 5.74) is 0. The number of hydrogen-bond acceptors (Lipinski definition) is 10. The van der Waals surface area contributed by atoms with E-state index in [1.165, 1.54) is 31.0 Å². The average Bonchev–Trinajstić information content (AvgIpc) is 2.71. The number of hydrogen-bond donors (Lipinski definition) is 5. The second-order valence-corrected chi connectivity index (χ2v) is 5.03. The predicted octanol–water partition coefficient (Wildman–Crippen LogP) is -3.17. The second-order valence-electron chi connectivity index (χ2n) is 5.03. The van der Waals surface area contributed by atoms with Crippen LogP contribution >= 0.6 is 0 Å². The molecule has 174 valence electrons. The fourth-order valence-electron chi connectivity index (χ4n) is 1.21. The fourth-order valence-corrected chi connectivity index (χ4v) is 1.21. The largest absolute Gasteiger partial charge is 0.469 e. The van der Waals surface area contributed by atoms with E-state index in [2.05, 4.69) is 10.1 Å². The Balaban J connectivity index is -0.000000185. The van der Waals surface area contributed by atoms with Gasteiger partial charge in [0.25, 0.3) is 0 Å². The third kappa shape index (κ3) is 28.2. The molecule has 12 nitrogen and oxygen atoms in total. The summed E-state index contributed by atoms with van der Waals surface area (Å²) < 4.78 is 4.12. The molecule has 0 saturated carbocycles. The molecule has 0 bridgehead atoms. The first-order valence-electron chi connectivity index (χ1n) is 8.65. The lowest BCUT2D eigenvalue weighted by molar-refractivity contribution is -0.142. The molecular weight excluding hydrogens is 390 g/mol. The van der Waals surface area contributed by atoms with Crippen molar-refractivity contribution in [1.29, 1.82) is 0 Å². The van der Waals surface area contributed by atoms with Crippen molar-refractivity contribution in [2.75, 3.05) is 74.8 Å². The SMILES string of the molecule is CN(CCO)C(=O)CC(=O)N(C)CCO.CNCCO.CO.COC(=O)CC=O. The van der Waals surface area contributed by atoms with E-state index in [0.717, 1.165) is 7.11 Å². The highest BCUT2D eigenvalue weighted by Gasteiger charge is 2.16. The van der Waals surface area contributed by atoms with Crippen molar-refractivity contribution in [1.82, 2.24) is 15.1 Å². The molecule has 0 aromatic rings. The smallest absolute Gasteiger partial charge is 0.312 e. The zero-order valence-electron chi connectivity index (χ0n) is 18.0. The van der Waals surface area contributed by atoms with Gasteiger partial charge in [-0.3, -0.25) is 14.4 Å². The number of aliphatic hydroxyl groups is 4. The van der Waals surface area contributed by atoms with Gasteiger partial charge in [-0.25, -0.2) is 0 Å². The molecule has 0 heterocycles. The summed E-state index contributed by atoms with van der Waals surface area (Å²) >= 11 is 0. The van der Waals surface area contributed by atoms with Crippen LogP contribution in [0.15, 0.2) is 0 Å². The molecule has 0 aliphatic heterocycles. The number of amides is 2. The number of methoxy groups -OCH3 is 1. The van der Waals surface area contributed by atoms with Gasteiger partial charge in [0.2, 0.25) is 11.8 Å². The number of nitrogens with one attached hydrogen (secondary N) is 1. The van der Waals surface area contributed by atoms with Crippen LogP contribution in [0.4, 0.5) is 0 Å². The molecule has 0 aromatic carbocycles.